The average Bonchev–Trinajstić information content (AvgIpc) is 2.95. The lowest BCUT2D eigenvalue weighted by Gasteiger charge is -2.04. The molecule has 18 heavy (non-hydrogen) atoms. The number of aromatic nitrogens is 2. The second kappa shape index (κ2) is 5.75. The molecule has 2 aromatic heterocycles. The van der Waals surface area contributed by atoms with E-state index in [0.717, 1.165) is 34.1 Å². The van der Waals surface area contributed by atoms with Gasteiger partial charge in [-0.15, -0.1) is 11.3 Å². The summed E-state index contributed by atoms with van der Waals surface area (Å²) in [6.07, 6.45) is 1.15. The van der Waals surface area contributed by atoms with Crippen molar-refractivity contribution in [3.05, 3.63) is 16.8 Å². The minimum atomic E-state index is 0.533. The van der Waals surface area contributed by atoms with E-state index in [1.54, 1.807) is 11.3 Å². The van der Waals surface area contributed by atoms with Gasteiger partial charge >= 0.3 is 0 Å². The SMILES string of the molecule is CCC(C)SCc1noc(-c2scc(C)c2N)n1. The van der Waals surface area contributed by atoms with Gasteiger partial charge in [0.1, 0.15) is 4.88 Å². The molecule has 0 amide bonds. The van der Waals surface area contributed by atoms with Crippen LogP contribution in [0.5, 0.6) is 0 Å². The Bertz CT molecular complexity index is 521. The number of nitrogens with zero attached hydrogens (tertiary/aromatic N) is 2. The van der Waals surface area contributed by atoms with Gasteiger partial charge in [-0.25, -0.2) is 0 Å². The van der Waals surface area contributed by atoms with Gasteiger partial charge in [-0.05, 0) is 24.3 Å². The summed E-state index contributed by atoms with van der Waals surface area (Å²) in [4.78, 5) is 5.27. The third-order valence-electron chi connectivity index (χ3n) is 2.76. The zero-order valence-electron chi connectivity index (χ0n) is 10.8. The molecule has 2 heterocycles. The van der Waals surface area contributed by atoms with Crippen LogP contribution in [-0.4, -0.2) is 15.4 Å². The molecule has 0 saturated carbocycles. The quantitative estimate of drug-likeness (QED) is 0.906. The summed E-state index contributed by atoms with van der Waals surface area (Å²) in [6, 6.07) is 0. The van der Waals surface area contributed by atoms with Crippen LogP contribution in [0.1, 0.15) is 31.7 Å². The van der Waals surface area contributed by atoms with Crippen LogP contribution < -0.4 is 5.73 Å². The van der Waals surface area contributed by atoms with Crippen molar-refractivity contribution < 1.29 is 4.52 Å². The lowest BCUT2D eigenvalue weighted by atomic mass is 10.3. The van der Waals surface area contributed by atoms with E-state index in [0.29, 0.717) is 11.1 Å². The summed E-state index contributed by atoms with van der Waals surface area (Å²) in [7, 11) is 0. The number of nitrogen functional groups attached to an aromatic ring is 1. The highest BCUT2D eigenvalue weighted by Gasteiger charge is 2.15. The lowest BCUT2D eigenvalue weighted by molar-refractivity contribution is 0.426. The molecule has 98 valence electrons. The van der Waals surface area contributed by atoms with E-state index < -0.39 is 0 Å². The van der Waals surface area contributed by atoms with Crippen LogP contribution in [0.2, 0.25) is 0 Å². The van der Waals surface area contributed by atoms with Crippen LogP contribution >= 0.6 is 23.1 Å². The molecule has 4 nitrogen and oxygen atoms in total. The highest BCUT2D eigenvalue weighted by atomic mass is 32.2. The van der Waals surface area contributed by atoms with Crippen molar-refractivity contribution in [2.24, 2.45) is 0 Å². The lowest BCUT2D eigenvalue weighted by Crippen LogP contribution is -1.94. The first kappa shape index (κ1) is 13.4. The predicted octanol–water partition coefficient (Wildman–Crippen LogP) is 3.72. The predicted molar refractivity (Wildman–Crippen MR) is 77.8 cm³/mol. The van der Waals surface area contributed by atoms with Crippen LogP contribution in [0.25, 0.3) is 10.8 Å². The van der Waals surface area contributed by atoms with Gasteiger partial charge in [-0.3, -0.25) is 0 Å². The molecule has 0 saturated heterocycles. The normalized spacial score (nSPS) is 12.8. The summed E-state index contributed by atoms with van der Waals surface area (Å²) in [5.74, 6) is 2.05. The summed E-state index contributed by atoms with van der Waals surface area (Å²) in [5, 5.41) is 6.61. The molecule has 1 unspecified atom stereocenters. The minimum Gasteiger partial charge on any atom is -0.397 e. The van der Waals surface area contributed by atoms with Gasteiger partial charge in [-0.1, -0.05) is 19.0 Å². The van der Waals surface area contributed by atoms with Crippen molar-refractivity contribution >= 4 is 28.8 Å². The van der Waals surface area contributed by atoms with Gasteiger partial charge in [0.15, 0.2) is 5.82 Å². The van der Waals surface area contributed by atoms with Crippen molar-refractivity contribution in [1.29, 1.82) is 0 Å². The topological polar surface area (TPSA) is 64.9 Å². The first-order valence-corrected chi connectivity index (χ1v) is 7.82. The Kier molecular flexibility index (Phi) is 4.29. The Balaban J connectivity index is 2.08. The van der Waals surface area contributed by atoms with Crippen LogP contribution in [-0.2, 0) is 5.75 Å². The fourth-order valence-corrected chi connectivity index (χ4v) is 3.04. The van der Waals surface area contributed by atoms with Gasteiger partial charge in [0.05, 0.1) is 11.4 Å². The third kappa shape index (κ3) is 2.87. The van der Waals surface area contributed by atoms with E-state index >= 15 is 0 Å². The number of anilines is 1. The maximum Gasteiger partial charge on any atom is 0.270 e. The summed E-state index contributed by atoms with van der Waals surface area (Å²) in [6.45, 7) is 6.35. The molecule has 0 aliphatic carbocycles. The van der Waals surface area contributed by atoms with Crippen molar-refractivity contribution in [1.82, 2.24) is 10.1 Å². The molecule has 0 aromatic carbocycles. The Morgan fingerprint density at radius 3 is 2.94 bits per heavy atom. The summed E-state index contributed by atoms with van der Waals surface area (Å²) < 4.78 is 5.27. The summed E-state index contributed by atoms with van der Waals surface area (Å²) in [5.41, 5.74) is 7.76. The molecule has 2 aromatic rings. The van der Waals surface area contributed by atoms with Gasteiger partial charge in [0, 0.05) is 5.25 Å². The zero-order chi connectivity index (χ0) is 13.1. The number of thioether (sulfide) groups is 1. The van der Waals surface area contributed by atoms with Crippen molar-refractivity contribution in [2.45, 2.75) is 38.2 Å². The first-order valence-electron chi connectivity index (χ1n) is 5.90. The van der Waals surface area contributed by atoms with E-state index in [9.17, 15) is 0 Å². The molecule has 2 rings (SSSR count). The van der Waals surface area contributed by atoms with Crippen LogP contribution in [0.3, 0.4) is 0 Å². The molecular formula is C12H17N3OS2. The van der Waals surface area contributed by atoms with Crippen molar-refractivity contribution in [3.63, 3.8) is 0 Å². The molecule has 0 spiro atoms. The number of thiophene rings is 1. The third-order valence-corrected chi connectivity index (χ3v) is 5.19. The van der Waals surface area contributed by atoms with Crippen molar-refractivity contribution in [2.75, 3.05) is 5.73 Å². The summed E-state index contributed by atoms with van der Waals surface area (Å²) >= 11 is 3.38. The second-order valence-electron chi connectivity index (χ2n) is 4.21. The second-order valence-corrected chi connectivity index (χ2v) is 6.51. The van der Waals surface area contributed by atoms with E-state index in [1.807, 2.05) is 24.1 Å². The first-order chi connectivity index (χ1) is 8.61. The van der Waals surface area contributed by atoms with Gasteiger partial charge in [0.2, 0.25) is 0 Å². The van der Waals surface area contributed by atoms with Crippen LogP contribution in [0.4, 0.5) is 5.69 Å². The Labute approximate surface area is 115 Å². The van der Waals surface area contributed by atoms with Crippen LogP contribution in [0, 0.1) is 6.92 Å². The molecule has 0 aliphatic heterocycles. The zero-order valence-corrected chi connectivity index (χ0v) is 12.4. The highest BCUT2D eigenvalue weighted by molar-refractivity contribution is 7.99. The van der Waals surface area contributed by atoms with E-state index in [2.05, 4.69) is 24.0 Å². The molecular weight excluding hydrogens is 266 g/mol. The Hall–Kier alpha value is -1.01. The Morgan fingerprint density at radius 1 is 1.56 bits per heavy atom. The highest BCUT2D eigenvalue weighted by Crippen LogP contribution is 2.33. The number of hydrogen-bond donors (Lipinski definition) is 1. The largest absolute Gasteiger partial charge is 0.397 e. The van der Waals surface area contributed by atoms with E-state index in [-0.39, 0.29) is 0 Å². The molecule has 0 radical (unpaired) electrons. The average molecular weight is 283 g/mol. The molecule has 0 fully saturated rings. The van der Waals surface area contributed by atoms with Gasteiger partial charge in [0.25, 0.3) is 5.89 Å². The molecule has 0 aliphatic rings. The van der Waals surface area contributed by atoms with Crippen molar-refractivity contribution in [3.8, 4) is 10.8 Å². The van der Waals surface area contributed by atoms with E-state index in [1.165, 1.54) is 0 Å². The van der Waals surface area contributed by atoms with Gasteiger partial charge < -0.3 is 10.3 Å². The molecule has 2 N–H and O–H groups in total. The fourth-order valence-electron chi connectivity index (χ4n) is 1.36. The van der Waals surface area contributed by atoms with Gasteiger partial charge in [-0.2, -0.15) is 16.7 Å². The van der Waals surface area contributed by atoms with Crippen LogP contribution in [0.15, 0.2) is 9.90 Å². The number of hydrogen-bond acceptors (Lipinski definition) is 6. The molecule has 6 heteroatoms. The maximum absolute atomic E-state index is 5.97. The minimum absolute atomic E-state index is 0.533. The molecule has 1 atom stereocenters. The number of aryl methyl sites for hydroxylation is 1. The fraction of sp³-hybridized carbons (Fsp3) is 0.500. The number of nitrogens with two attached hydrogens (primary N) is 1. The number of rotatable bonds is 5. The smallest absolute Gasteiger partial charge is 0.270 e. The monoisotopic (exact) mass is 283 g/mol. The maximum atomic E-state index is 5.97. The molecule has 0 bridgehead atoms. The standard InChI is InChI=1S/C12H17N3OS2/c1-4-8(3)17-6-9-14-12(16-15-9)11-10(13)7(2)5-18-11/h5,8H,4,6,13H2,1-3H3. The van der Waals surface area contributed by atoms with E-state index in [4.69, 9.17) is 10.3 Å². The Morgan fingerprint density at radius 2 is 2.33 bits per heavy atom.